The molecule has 0 aromatic carbocycles. The van der Waals surface area contributed by atoms with Crippen LogP contribution in [0, 0.1) is 47.3 Å². The number of rotatable bonds is 18. The summed E-state index contributed by atoms with van der Waals surface area (Å²) in [5.74, 6) is -11.2. The average Bonchev–Trinajstić information content (AvgIpc) is 0.768. The van der Waals surface area contributed by atoms with Crippen LogP contribution >= 0.6 is 0 Å². The summed E-state index contributed by atoms with van der Waals surface area (Å²) in [6, 6.07) is -0.637. The van der Waals surface area contributed by atoms with E-state index in [2.05, 4.69) is 0 Å². The van der Waals surface area contributed by atoms with Crippen LogP contribution in [0.25, 0.3) is 0 Å². The standard InChI is InChI=1S/2C40H71NO14/c2*1-15-27-40(11,48)33(44)22(5)30(43)20(3)18-38(9,47)35(55-37-32(53-28(42)16-2)26(41(12)13)17-21(4)50-37)23(6)31(24(7)36(46)52-27)54-29-19-39(10,49-14)34(45)25(8)51-29/h2*20-27,29,31-35,37,44-45,47-48H,15-19H2,1-14H3/t2*20-,21-,22+,23+,24-,25+,26+,27-,29+,31+,32-,33-,34+,35-,37+,38-,39-,40-/m11/s1. The number of hydrogen-bond donors (Lipinski definition) is 8. The van der Waals surface area contributed by atoms with Gasteiger partial charge in [0.1, 0.15) is 47.2 Å². The lowest BCUT2D eigenvalue weighted by atomic mass is 9.74. The molecule has 640 valence electrons. The molecule has 6 fully saturated rings. The van der Waals surface area contributed by atoms with Crippen molar-refractivity contribution in [2.75, 3.05) is 42.4 Å². The van der Waals surface area contributed by atoms with E-state index in [0.29, 0.717) is 12.8 Å². The van der Waals surface area contributed by atoms with Crippen molar-refractivity contribution in [3.05, 3.63) is 0 Å². The second-order valence-corrected chi connectivity index (χ2v) is 34.6. The Labute approximate surface area is 653 Å². The number of aliphatic hydroxyl groups is 8. The third-order valence-electron chi connectivity index (χ3n) is 24.7. The van der Waals surface area contributed by atoms with Crippen molar-refractivity contribution in [1.82, 2.24) is 9.80 Å². The number of cyclic esters (lactones) is 2. The van der Waals surface area contributed by atoms with E-state index >= 15 is 0 Å². The van der Waals surface area contributed by atoms with Crippen LogP contribution in [-0.4, -0.2) is 297 Å². The predicted octanol–water partition coefficient (Wildman–Crippen LogP) is 5.49. The summed E-state index contributed by atoms with van der Waals surface area (Å²) in [5.41, 5.74) is -9.84. The van der Waals surface area contributed by atoms with Crippen LogP contribution in [0.15, 0.2) is 0 Å². The number of methoxy groups -OCH3 is 2. The quantitative estimate of drug-likeness (QED) is 0.0621. The van der Waals surface area contributed by atoms with Crippen molar-refractivity contribution in [2.24, 2.45) is 47.3 Å². The SMILES string of the molecule is CCC(=O)O[C@H]1[C@H](O[C@@H]2[C@@H](C)[C@H](O[C@H]3C[C@@](C)(OC)[C@@H](O)[C@H](C)O3)[C@@H](C)C(=O)O[C@H](CC)[C@@](C)(O)[C@H](O)[C@@H](C)C(=O)[C@H](C)C[C@@]2(C)O)O[C@H](C)C[C@@H]1N(C)C.CCC(=O)O[C@H]1[C@H](O[C@@H]2[C@@H](C)[C@H](O[C@H]3C[C@@](C)(OC)[C@@H](O)[C@H](C)O3)[C@@H](C)C(=O)O[C@H](CC)[C@@](C)(O)[C@H](O)[C@@H](C)C(=O)[C@H](C)C[C@@]2(C)O)O[C@H](C)C[C@@H]1N(C)C. The van der Waals surface area contributed by atoms with E-state index in [1.54, 1.807) is 96.9 Å². The zero-order chi connectivity index (χ0) is 83.9. The van der Waals surface area contributed by atoms with Gasteiger partial charge in [0.05, 0.1) is 107 Å². The van der Waals surface area contributed by atoms with Crippen molar-refractivity contribution in [2.45, 2.75) is 385 Å². The fourth-order valence-corrected chi connectivity index (χ4v) is 17.5. The molecule has 6 aliphatic heterocycles. The summed E-state index contributed by atoms with van der Waals surface area (Å²) in [6.07, 6.45) is -19.4. The zero-order valence-corrected chi connectivity index (χ0v) is 71.0. The van der Waals surface area contributed by atoms with E-state index in [-0.39, 0.29) is 75.7 Å². The Kier molecular flexibility index (Phi) is 34.9. The van der Waals surface area contributed by atoms with Gasteiger partial charge in [-0.15, -0.1) is 0 Å². The van der Waals surface area contributed by atoms with Crippen molar-refractivity contribution in [3.8, 4) is 0 Å². The van der Waals surface area contributed by atoms with Gasteiger partial charge in [-0.2, -0.15) is 0 Å². The van der Waals surface area contributed by atoms with Gasteiger partial charge in [0.15, 0.2) is 37.4 Å². The van der Waals surface area contributed by atoms with E-state index in [9.17, 15) is 69.6 Å². The first kappa shape index (κ1) is 97.0. The molecule has 0 saturated carbocycles. The van der Waals surface area contributed by atoms with Gasteiger partial charge in [-0.25, -0.2) is 0 Å². The summed E-state index contributed by atoms with van der Waals surface area (Å²) >= 11 is 0. The van der Waals surface area contributed by atoms with Crippen molar-refractivity contribution >= 4 is 35.4 Å². The minimum Gasteiger partial charge on any atom is -0.459 e. The van der Waals surface area contributed by atoms with Crippen molar-refractivity contribution in [1.29, 1.82) is 0 Å². The van der Waals surface area contributed by atoms with Crippen LogP contribution in [0.2, 0.25) is 0 Å². The molecule has 0 amide bonds. The maximum absolute atomic E-state index is 14.2. The monoisotopic (exact) mass is 1580 g/mol. The van der Waals surface area contributed by atoms with Crippen LogP contribution in [0.1, 0.15) is 217 Å². The summed E-state index contributed by atoms with van der Waals surface area (Å²) < 4.78 is 87.2. The van der Waals surface area contributed by atoms with Crippen LogP contribution in [0.5, 0.6) is 0 Å². The normalized spacial score (nSPS) is 46.9. The molecular weight excluding hydrogens is 1440 g/mol. The summed E-state index contributed by atoms with van der Waals surface area (Å²) in [4.78, 5) is 85.7. The zero-order valence-electron chi connectivity index (χ0n) is 71.0. The lowest BCUT2D eigenvalue weighted by Gasteiger charge is -2.49. The number of ketones is 2. The summed E-state index contributed by atoms with van der Waals surface area (Å²) in [7, 11) is 10.4. The van der Waals surface area contributed by atoms with E-state index < -0.39 is 227 Å². The Morgan fingerprint density at radius 3 is 1.03 bits per heavy atom. The van der Waals surface area contributed by atoms with Crippen LogP contribution in [0.4, 0.5) is 0 Å². The number of hydrogen-bond acceptors (Lipinski definition) is 30. The number of Topliss-reactive ketones (excluding diaryl/α,β-unsaturated/α-hetero) is 2. The first-order valence-corrected chi connectivity index (χ1v) is 39.9. The molecule has 30 heteroatoms. The van der Waals surface area contributed by atoms with Gasteiger partial charge in [-0.1, -0.05) is 69.2 Å². The topological polar surface area (TPSA) is 400 Å². The molecule has 6 saturated heterocycles. The van der Waals surface area contributed by atoms with Crippen molar-refractivity contribution < 1.29 is 136 Å². The van der Waals surface area contributed by atoms with Gasteiger partial charge >= 0.3 is 23.9 Å². The van der Waals surface area contributed by atoms with Gasteiger partial charge in [-0.3, -0.25) is 28.8 Å². The van der Waals surface area contributed by atoms with Crippen molar-refractivity contribution in [3.63, 3.8) is 0 Å². The molecule has 0 aromatic heterocycles. The van der Waals surface area contributed by atoms with Gasteiger partial charge < -0.3 is 117 Å². The number of aliphatic hydroxyl groups excluding tert-OH is 4. The van der Waals surface area contributed by atoms with E-state index in [0.717, 1.165) is 0 Å². The third kappa shape index (κ3) is 22.6. The van der Waals surface area contributed by atoms with E-state index in [1.807, 2.05) is 51.8 Å². The fourth-order valence-electron chi connectivity index (χ4n) is 17.5. The molecule has 110 heavy (non-hydrogen) atoms. The molecule has 8 N–H and O–H groups in total. The second-order valence-electron chi connectivity index (χ2n) is 34.6. The number of nitrogens with zero attached hydrogens (tertiary/aromatic N) is 2. The Morgan fingerprint density at radius 1 is 0.445 bits per heavy atom. The highest BCUT2D eigenvalue weighted by molar-refractivity contribution is 5.84. The number of ether oxygens (including phenoxy) is 14. The Bertz CT molecular complexity index is 2780. The smallest absolute Gasteiger partial charge is 0.311 e. The van der Waals surface area contributed by atoms with Gasteiger partial charge in [0.25, 0.3) is 0 Å². The number of esters is 4. The number of likely N-dealkylation sites (N-methyl/N-ethyl adjacent to an activating group) is 2. The van der Waals surface area contributed by atoms with Gasteiger partial charge in [-0.05, 0) is 150 Å². The van der Waals surface area contributed by atoms with Crippen LogP contribution in [0.3, 0.4) is 0 Å². The van der Waals surface area contributed by atoms with E-state index in [1.165, 1.54) is 55.8 Å². The Hall–Kier alpha value is -3.58. The lowest BCUT2D eigenvalue weighted by Crippen LogP contribution is -2.61. The average molecular weight is 1580 g/mol. The van der Waals surface area contributed by atoms with Gasteiger partial charge in [0, 0.05) is 75.4 Å². The highest BCUT2D eigenvalue weighted by atomic mass is 16.7. The molecule has 6 aliphatic rings. The second kappa shape index (κ2) is 39.6. The Morgan fingerprint density at radius 2 is 0.755 bits per heavy atom. The largest absolute Gasteiger partial charge is 0.459 e. The highest BCUT2D eigenvalue weighted by Crippen LogP contribution is 2.45. The maximum Gasteiger partial charge on any atom is 0.311 e. The molecule has 0 unspecified atom stereocenters. The molecule has 0 bridgehead atoms. The molecule has 6 rings (SSSR count). The maximum atomic E-state index is 14.2. The summed E-state index contributed by atoms with van der Waals surface area (Å²) in [5, 5.41) is 93.1. The highest BCUT2D eigenvalue weighted by Gasteiger charge is 2.58. The lowest BCUT2D eigenvalue weighted by molar-refractivity contribution is -0.319. The molecule has 0 radical (unpaired) electrons. The molecule has 0 spiro atoms. The van der Waals surface area contributed by atoms with E-state index in [4.69, 9.17) is 66.3 Å². The minimum atomic E-state index is -2.01. The molecule has 30 nitrogen and oxygen atoms in total. The number of carbonyl (C=O) groups is 6. The molecule has 36 atom stereocenters. The first-order valence-electron chi connectivity index (χ1n) is 39.9. The molecular formula is C80H142N2O28. The predicted molar refractivity (Wildman–Crippen MR) is 401 cm³/mol. The third-order valence-corrected chi connectivity index (χ3v) is 24.7. The summed E-state index contributed by atoms with van der Waals surface area (Å²) in [6.45, 7) is 36.0. The Balaban J connectivity index is 0.000000394. The first-order chi connectivity index (χ1) is 50.7. The number of carbonyl (C=O) groups excluding carboxylic acids is 6. The minimum absolute atomic E-state index is 0.0760. The van der Waals surface area contributed by atoms with Crippen LogP contribution in [-0.2, 0) is 95.1 Å². The molecule has 0 aliphatic carbocycles. The van der Waals surface area contributed by atoms with Gasteiger partial charge in [0.2, 0.25) is 0 Å². The van der Waals surface area contributed by atoms with Crippen LogP contribution < -0.4 is 0 Å². The fraction of sp³-hybridized carbons (Fsp3) is 0.925. The molecule has 6 heterocycles. The molecule has 0 aromatic rings.